The van der Waals surface area contributed by atoms with Gasteiger partial charge in [-0.15, -0.1) is 0 Å². The summed E-state index contributed by atoms with van der Waals surface area (Å²) in [7, 11) is 0. The lowest BCUT2D eigenvalue weighted by Crippen LogP contribution is -2.14. The molecule has 2 nitrogen and oxygen atoms in total. The quantitative estimate of drug-likeness (QED) is 0.724. The zero-order chi connectivity index (χ0) is 14.9. The topological polar surface area (TPSA) is 29.1 Å². The molecule has 2 aromatic rings. The third-order valence-electron chi connectivity index (χ3n) is 3.11. The molecular formula is C16H15Br2NO. The van der Waals surface area contributed by atoms with Crippen LogP contribution in [-0.4, -0.2) is 5.91 Å². The Kier molecular flexibility index (Phi) is 4.66. The van der Waals surface area contributed by atoms with Crippen LogP contribution in [0.5, 0.6) is 0 Å². The molecule has 0 aliphatic rings. The molecule has 0 saturated carbocycles. The molecule has 1 amide bonds. The van der Waals surface area contributed by atoms with Crippen molar-refractivity contribution in [2.75, 3.05) is 5.32 Å². The summed E-state index contributed by atoms with van der Waals surface area (Å²) in [4.78, 5) is 12.4. The number of hydrogen-bond donors (Lipinski definition) is 1. The number of nitrogens with one attached hydrogen (secondary N) is 1. The molecule has 0 bridgehead atoms. The van der Waals surface area contributed by atoms with Crippen LogP contribution in [0.25, 0.3) is 0 Å². The Morgan fingerprint density at radius 1 is 1.00 bits per heavy atom. The number of hydrogen-bond acceptors (Lipinski definition) is 1. The average molecular weight is 397 g/mol. The van der Waals surface area contributed by atoms with Crippen molar-refractivity contribution in [3.05, 3.63) is 61.5 Å². The fourth-order valence-electron chi connectivity index (χ4n) is 2.09. The van der Waals surface area contributed by atoms with Crippen LogP contribution in [0.1, 0.15) is 27.0 Å². The van der Waals surface area contributed by atoms with Gasteiger partial charge in [-0.3, -0.25) is 4.79 Å². The lowest BCUT2D eigenvalue weighted by atomic mass is 10.1. The van der Waals surface area contributed by atoms with Gasteiger partial charge in [-0.1, -0.05) is 28.1 Å². The second-order valence-electron chi connectivity index (χ2n) is 4.85. The van der Waals surface area contributed by atoms with Gasteiger partial charge in [0.15, 0.2) is 0 Å². The zero-order valence-corrected chi connectivity index (χ0v) is 14.7. The first-order chi connectivity index (χ1) is 9.38. The van der Waals surface area contributed by atoms with E-state index < -0.39 is 0 Å². The molecular weight excluding hydrogens is 382 g/mol. The van der Waals surface area contributed by atoms with Crippen LogP contribution in [0.2, 0.25) is 0 Å². The molecule has 2 aromatic carbocycles. The Morgan fingerprint density at radius 2 is 1.70 bits per heavy atom. The van der Waals surface area contributed by atoms with Crippen molar-refractivity contribution in [2.45, 2.75) is 20.8 Å². The van der Waals surface area contributed by atoms with Gasteiger partial charge in [0.1, 0.15) is 0 Å². The van der Waals surface area contributed by atoms with Crippen molar-refractivity contribution in [2.24, 2.45) is 0 Å². The minimum Gasteiger partial charge on any atom is -0.321 e. The number of carbonyl (C=O) groups excluding carboxylic acids is 1. The van der Waals surface area contributed by atoms with Crippen LogP contribution < -0.4 is 5.32 Å². The highest BCUT2D eigenvalue weighted by Crippen LogP contribution is 2.28. The fourth-order valence-corrected chi connectivity index (χ4v) is 3.23. The molecule has 0 aliphatic heterocycles. The van der Waals surface area contributed by atoms with Crippen molar-refractivity contribution in [1.82, 2.24) is 0 Å². The van der Waals surface area contributed by atoms with Gasteiger partial charge in [-0.25, -0.2) is 0 Å². The van der Waals surface area contributed by atoms with Crippen molar-refractivity contribution in [3.8, 4) is 0 Å². The van der Waals surface area contributed by atoms with Crippen LogP contribution in [0, 0.1) is 20.8 Å². The summed E-state index contributed by atoms with van der Waals surface area (Å²) in [5.41, 5.74) is 4.64. The number of halogens is 2. The third-order valence-corrected chi connectivity index (χ3v) is 4.23. The minimum atomic E-state index is -0.101. The van der Waals surface area contributed by atoms with E-state index in [-0.39, 0.29) is 5.91 Å². The largest absolute Gasteiger partial charge is 0.321 e. The van der Waals surface area contributed by atoms with E-state index in [4.69, 9.17) is 0 Å². The molecule has 0 spiro atoms. The standard InChI is InChI=1S/C16H15Br2NO/c1-9-6-11(3)15(14(18)7-9)19-16(20)13-8-12(17)5-4-10(13)2/h4-8H,1-3H3,(H,19,20). The Bertz CT molecular complexity index is 657. The highest BCUT2D eigenvalue weighted by molar-refractivity contribution is 9.10. The fraction of sp³-hybridized carbons (Fsp3) is 0.188. The maximum absolute atomic E-state index is 12.4. The van der Waals surface area contributed by atoms with E-state index in [1.807, 2.05) is 51.1 Å². The van der Waals surface area contributed by atoms with Crippen LogP contribution in [-0.2, 0) is 0 Å². The first kappa shape index (κ1) is 15.3. The summed E-state index contributed by atoms with van der Waals surface area (Å²) in [6.45, 7) is 5.95. The molecule has 0 aromatic heterocycles. The number of benzene rings is 2. The second kappa shape index (κ2) is 6.10. The van der Waals surface area contributed by atoms with Gasteiger partial charge in [0.2, 0.25) is 0 Å². The molecule has 0 unspecified atom stereocenters. The van der Waals surface area contributed by atoms with Crippen molar-refractivity contribution in [1.29, 1.82) is 0 Å². The molecule has 2 rings (SSSR count). The predicted octanol–water partition coefficient (Wildman–Crippen LogP) is 5.39. The van der Waals surface area contributed by atoms with Gasteiger partial charge in [-0.2, -0.15) is 0 Å². The zero-order valence-electron chi connectivity index (χ0n) is 11.6. The highest BCUT2D eigenvalue weighted by atomic mass is 79.9. The van der Waals surface area contributed by atoms with Gasteiger partial charge < -0.3 is 5.32 Å². The lowest BCUT2D eigenvalue weighted by molar-refractivity contribution is 0.102. The second-order valence-corrected chi connectivity index (χ2v) is 6.62. The molecule has 0 saturated heterocycles. The highest BCUT2D eigenvalue weighted by Gasteiger charge is 2.13. The SMILES string of the molecule is Cc1cc(C)c(NC(=O)c2cc(Br)ccc2C)c(Br)c1. The van der Waals surface area contributed by atoms with Gasteiger partial charge in [0.05, 0.1) is 5.69 Å². The predicted molar refractivity (Wildman–Crippen MR) is 90.4 cm³/mol. The van der Waals surface area contributed by atoms with Crippen LogP contribution >= 0.6 is 31.9 Å². The van der Waals surface area contributed by atoms with Crippen LogP contribution in [0.3, 0.4) is 0 Å². The lowest BCUT2D eigenvalue weighted by Gasteiger charge is -2.13. The Labute approximate surface area is 135 Å². The summed E-state index contributed by atoms with van der Waals surface area (Å²) >= 11 is 6.91. The number of anilines is 1. The molecule has 4 heteroatoms. The van der Waals surface area contributed by atoms with Gasteiger partial charge in [0.25, 0.3) is 5.91 Å². The summed E-state index contributed by atoms with van der Waals surface area (Å²) < 4.78 is 1.80. The minimum absolute atomic E-state index is 0.101. The Balaban J connectivity index is 2.35. The molecule has 0 fully saturated rings. The van der Waals surface area contributed by atoms with E-state index in [9.17, 15) is 4.79 Å². The average Bonchev–Trinajstić information content (AvgIpc) is 2.36. The number of carbonyl (C=O) groups is 1. The molecule has 0 heterocycles. The van der Waals surface area contributed by atoms with Crippen LogP contribution in [0.4, 0.5) is 5.69 Å². The monoisotopic (exact) mass is 395 g/mol. The van der Waals surface area contributed by atoms with E-state index in [1.165, 1.54) is 0 Å². The summed E-state index contributed by atoms with van der Waals surface area (Å²) in [5.74, 6) is -0.101. The summed E-state index contributed by atoms with van der Waals surface area (Å²) in [6.07, 6.45) is 0. The number of amides is 1. The molecule has 1 N–H and O–H groups in total. The molecule has 0 radical (unpaired) electrons. The van der Waals surface area contributed by atoms with Crippen LogP contribution in [0.15, 0.2) is 39.3 Å². The Morgan fingerprint density at radius 3 is 2.35 bits per heavy atom. The van der Waals surface area contributed by atoms with Crippen molar-refractivity contribution in [3.63, 3.8) is 0 Å². The van der Waals surface area contributed by atoms with E-state index in [1.54, 1.807) is 0 Å². The van der Waals surface area contributed by atoms with E-state index in [0.29, 0.717) is 5.56 Å². The molecule has 20 heavy (non-hydrogen) atoms. The molecule has 0 aliphatic carbocycles. The van der Waals surface area contributed by atoms with E-state index in [2.05, 4.69) is 37.2 Å². The summed E-state index contributed by atoms with van der Waals surface area (Å²) in [6, 6.07) is 9.74. The first-order valence-electron chi connectivity index (χ1n) is 6.22. The first-order valence-corrected chi connectivity index (χ1v) is 7.81. The maximum atomic E-state index is 12.4. The smallest absolute Gasteiger partial charge is 0.256 e. The Hall–Kier alpha value is -1.13. The summed E-state index contributed by atoms with van der Waals surface area (Å²) in [5, 5.41) is 2.98. The number of rotatable bonds is 2. The van der Waals surface area contributed by atoms with E-state index in [0.717, 1.165) is 31.3 Å². The number of aryl methyl sites for hydroxylation is 3. The maximum Gasteiger partial charge on any atom is 0.256 e. The van der Waals surface area contributed by atoms with Gasteiger partial charge >= 0.3 is 0 Å². The molecule has 0 atom stereocenters. The third kappa shape index (κ3) is 3.30. The normalized spacial score (nSPS) is 10.4. The molecule has 104 valence electrons. The van der Waals surface area contributed by atoms with Gasteiger partial charge in [0, 0.05) is 14.5 Å². The van der Waals surface area contributed by atoms with Crippen molar-refractivity contribution < 1.29 is 4.79 Å². The van der Waals surface area contributed by atoms with Gasteiger partial charge in [-0.05, 0) is 71.6 Å². The van der Waals surface area contributed by atoms with Crippen molar-refractivity contribution >= 4 is 43.5 Å². The van der Waals surface area contributed by atoms with E-state index >= 15 is 0 Å².